The van der Waals surface area contributed by atoms with Crippen LogP contribution in [-0.4, -0.2) is 15.9 Å². The number of ether oxygens (including phenoxy) is 2. The van der Waals surface area contributed by atoms with Gasteiger partial charge >= 0.3 is 0 Å². The van der Waals surface area contributed by atoms with Gasteiger partial charge in [0, 0.05) is 55.5 Å². The minimum atomic E-state index is 0.194. The first kappa shape index (κ1) is 32.5. The first-order valence-corrected chi connectivity index (χ1v) is 19.7. The van der Waals surface area contributed by atoms with E-state index in [0.29, 0.717) is 0 Å². The number of aromatic nitrogens is 2. The molecule has 5 heteroatoms. The maximum Gasteiger partial charge on any atom is 0.231 e. The van der Waals surface area contributed by atoms with Crippen LogP contribution in [0.25, 0.3) is 76.9 Å². The van der Waals surface area contributed by atoms with E-state index in [9.17, 15) is 0 Å². The molecular weight excluding hydrogens is 711 g/mol. The van der Waals surface area contributed by atoms with E-state index >= 15 is 0 Å². The zero-order valence-electron chi connectivity index (χ0n) is 31.4. The molecule has 274 valence electrons. The van der Waals surface area contributed by atoms with Gasteiger partial charge in [-0.05, 0) is 95.2 Å². The van der Waals surface area contributed by atoms with Crippen molar-refractivity contribution in [3.8, 4) is 34.0 Å². The highest BCUT2D eigenvalue weighted by molar-refractivity contribution is 6.18. The topological polar surface area (TPSA) is 31.6 Å². The number of nitrogens with zero attached hydrogens (tertiary/aromatic N) is 3. The molecule has 11 aromatic rings. The summed E-state index contributed by atoms with van der Waals surface area (Å²) in [4.78, 5) is 2.41. The molecule has 0 radical (unpaired) electrons. The molecule has 0 atom stereocenters. The second-order valence-electron chi connectivity index (χ2n) is 14.9. The lowest BCUT2D eigenvalue weighted by Gasteiger charge is -2.27. The van der Waals surface area contributed by atoms with Crippen LogP contribution < -0.4 is 14.4 Å². The van der Waals surface area contributed by atoms with Gasteiger partial charge in [-0.1, -0.05) is 121 Å². The summed E-state index contributed by atoms with van der Waals surface area (Å²) in [7, 11) is 0. The number of para-hydroxylation sites is 5. The molecule has 0 bridgehead atoms. The van der Waals surface area contributed by atoms with E-state index in [1.807, 2.05) is 6.07 Å². The molecule has 0 aliphatic carbocycles. The van der Waals surface area contributed by atoms with E-state index in [1.54, 1.807) is 0 Å². The largest absolute Gasteiger partial charge is 0.454 e. The molecule has 1 aliphatic rings. The zero-order chi connectivity index (χ0) is 38.2. The Morgan fingerprint density at radius 2 is 0.983 bits per heavy atom. The number of hydrogen-bond acceptors (Lipinski definition) is 3. The highest BCUT2D eigenvalue weighted by Gasteiger charge is 2.26. The van der Waals surface area contributed by atoms with Gasteiger partial charge < -0.3 is 23.5 Å². The molecule has 9 aromatic carbocycles. The van der Waals surface area contributed by atoms with Crippen LogP contribution in [0.1, 0.15) is 0 Å². The molecule has 0 unspecified atom stereocenters. The molecular formula is C53H35N3O2. The Labute approximate surface area is 334 Å². The van der Waals surface area contributed by atoms with Crippen molar-refractivity contribution >= 4 is 71.4 Å². The Morgan fingerprint density at radius 1 is 0.379 bits per heavy atom. The second-order valence-corrected chi connectivity index (χ2v) is 14.9. The monoisotopic (exact) mass is 745 g/mol. The summed E-state index contributed by atoms with van der Waals surface area (Å²) in [5, 5.41) is 7.13. The second kappa shape index (κ2) is 12.9. The van der Waals surface area contributed by atoms with E-state index in [2.05, 4.69) is 208 Å². The number of anilines is 3. The Balaban J connectivity index is 1.21. The van der Waals surface area contributed by atoms with Crippen molar-refractivity contribution in [2.24, 2.45) is 0 Å². The smallest absolute Gasteiger partial charge is 0.231 e. The van der Waals surface area contributed by atoms with Crippen LogP contribution in [0, 0.1) is 0 Å². The first-order chi connectivity index (χ1) is 28.8. The van der Waals surface area contributed by atoms with Gasteiger partial charge in [-0.2, -0.15) is 0 Å². The fourth-order valence-corrected chi connectivity index (χ4v) is 9.14. The SMILES string of the molecule is c1ccc(-n2c3ccccc3c3ccc(N(c4ccc5ccccc5c4)c4cc(-c5cccc6c5OCO6)c5c6ccccc6n(-c6ccccc6)c5c4)cc32)cc1. The van der Waals surface area contributed by atoms with Crippen molar-refractivity contribution in [1.82, 2.24) is 9.13 Å². The standard InChI is InChI=1S/C53H35N3O2/c1-3-16-37(17-4-1)55-47-23-11-9-20-42(47)43-29-28-40(32-49(43)55)54(39-27-26-35-14-7-8-15-36(35)30-39)41-31-46(44-22-13-25-51-53(44)58-34-57-51)52-45-21-10-12-24-48(45)56(50(52)33-41)38-18-5-2-6-19-38/h1-33H,34H2. The molecule has 58 heavy (non-hydrogen) atoms. The van der Waals surface area contributed by atoms with Crippen molar-refractivity contribution in [2.75, 3.05) is 11.7 Å². The van der Waals surface area contributed by atoms with Gasteiger partial charge in [0.2, 0.25) is 6.79 Å². The minimum absolute atomic E-state index is 0.194. The van der Waals surface area contributed by atoms with E-state index in [-0.39, 0.29) is 6.79 Å². The lowest BCUT2D eigenvalue weighted by Crippen LogP contribution is -2.11. The van der Waals surface area contributed by atoms with Crippen LogP contribution in [-0.2, 0) is 0 Å². The molecule has 3 heterocycles. The van der Waals surface area contributed by atoms with Gasteiger partial charge in [0.05, 0.1) is 22.1 Å². The van der Waals surface area contributed by atoms with E-state index in [0.717, 1.165) is 73.0 Å². The third kappa shape index (κ3) is 4.97. The Kier molecular flexibility index (Phi) is 7.23. The summed E-state index contributed by atoms with van der Waals surface area (Å²) >= 11 is 0. The summed E-state index contributed by atoms with van der Waals surface area (Å²) in [6.45, 7) is 0.194. The summed E-state index contributed by atoms with van der Waals surface area (Å²) < 4.78 is 17.0. The molecule has 0 saturated heterocycles. The molecule has 2 aromatic heterocycles. The van der Waals surface area contributed by atoms with Gasteiger partial charge in [0.1, 0.15) is 0 Å². The van der Waals surface area contributed by atoms with Gasteiger partial charge in [-0.25, -0.2) is 0 Å². The average Bonchev–Trinajstić information content (AvgIpc) is 3.99. The van der Waals surface area contributed by atoms with E-state index in [4.69, 9.17) is 9.47 Å². The number of rotatable bonds is 6. The summed E-state index contributed by atoms with van der Waals surface area (Å²) in [6.07, 6.45) is 0. The van der Waals surface area contributed by atoms with Gasteiger partial charge in [-0.15, -0.1) is 0 Å². The molecule has 0 spiro atoms. The van der Waals surface area contributed by atoms with Gasteiger partial charge in [0.25, 0.3) is 0 Å². The molecule has 0 amide bonds. The maximum atomic E-state index is 6.24. The van der Waals surface area contributed by atoms with Crippen molar-refractivity contribution in [3.05, 3.63) is 200 Å². The third-order valence-corrected chi connectivity index (χ3v) is 11.6. The van der Waals surface area contributed by atoms with Crippen LogP contribution in [0.3, 0.4) is 0 Å². The predicted molar refractivity (Wildman–Crippen MR) is 239 cm³/mol. The summed E-state index contributed by atoms with van der Waals surface area (Å²) in [5.41, 5.74) is 12.0. The Hall–Kier alpha value is -7.76. The fourth-order valence-electron chi connectivity index (χ4n) is 9.14. The van der Waals surface area contributed by atoms with Crippen molar-refractivity contribution in [3.63, 3.8) is 0 Å². The first-order valence-electron chi connectivity index (χ1n) is 19.7. The van der Waals surface area contributed by atoms with E-state index < -0.39 is 0 Å². The zero-order valence-corrected chi connectivity index (χ0v) is 31.4. The molecule has 0 saturated carbocycles. The van der Waals surface area contributed by atoms with Crippen molar-refractivity contribution in [2.45, 2.75) is 0 Å². The molecule has 0 N–H and O–H groups in total. The van der Waals surface area contributed by atoms with Gasteiger partial charge in [0.15, 0.2) is 11.5 Å². The fraction of sp³-hybridized carbons (Fsp3) is 0.0189. The summed E-state index contributed by atoms with van der Waals surface area (Å²) in [5.74, 6) is 1.52. The lowest BCUT2D eigenvalue weighted by atomic mass is 9.96. The normalized spacial score (nSPS) is 12.3. The Bertz CT molecular complexity index is 3380. The van der Waals surface area contributed by atoms with Crippen LogP contribution in [0.2, 0.25) is 0 Å². The third-order valence-electron chi connectivity index (χ3n) is 11.6. The predicted octanol–water partition coefficient (Wildman–Crippen LogP) is 13.9. The van der Waals surface area contributed by atoms with E-state index in [1.165, 1.54) is 32.4 Å². The summed E-state index contributed by atoms with van der Waals surface area (Å²) in [6, 6.07) is 71.9. The van der Waals surface area contributed by atoms with Crippen molar-refractivity contribution < 1.29 is 9.47 Å². The van der Waals surface area contributed by atoms with Crippen LogP contribution in [0.15, 0.2) is 200 Å². The van der Waals surface area contributed by atoms with Crippen LogP contribution in [0.4, 0.5) is 17.1 Å². The van der Waals surface area contributed by atoms with Gasteiger partial charge in [-0.3, -0.25) is 0 Å². The molecule has 0 fully saturated rings. The Morgan fingerprint density at radius 3 is 1.78 bits per heavy atom. The molecule has 1 aliphatic heterocycles. The van der Waals surface area contributed by atoms with Crippen LogP contribution >= 0.6 is 0 Å². The van der Waals surface area contributed by atoms with Crippen molar-refractivity contribution in [1.29, 1.82) is 0 Å². The van der Waals surface area contributed by atoms with Crippen LogP contribution in [0.5, 0.6) is 11.5 Å². The molecule has 5 nitrogen and oxygen atoms in total. The number of hydrogen-bond donors (Lipinski definition) is 0. The molecule has 12 rings (SSSR count). The highest BCUT2D eigenvalue weighted by Crippen LogP contribution is 2.49. The lowest BCUT2D eigenvalue weighted by molar-refractivity contribution is 0.174. The highest BCUT2D eigenvalue weighted by atomic mass is 16.7. The average molecular weight is 746 g/mol. The quantitative estimate of drug-likeness (QED) is 0.170. The maximum absolute atomic E-state index is 6.24. The minimum Gasteiger partial charge on any atom is -0.454 e. The number of benzene rings is 9. The number of fused-ring (bicyclic) bond motifs is 8.